The monoisotopic (exact) mass is 232 g/mol. The van der Waals surface area contributed by atoms with Gasteiger partial charge in [0.25, 0.3) is 0 Å². The molecule has 0 amide bonds. The molecule has 0 aromatic carbocycles. The first kappa shape index (κ1) is 15.9. The van der Waals surface area contributed by atoms with Crippen molar-refractivity contribution in [2.24, 2.45) is 0 Å². The van der Waals surface area contributed by atoms with Crippen LogP contribution in [0.3, 0.4) is 0 Å². The standard InChI is InChI=1S/C13H28O3/c1-4-5-6-7-8-14-9-10-15-11-12-16-13(2)3/h13H,4-12H2,1-3H3. The average Bonchev–Trinajstić information content (AvgIpc) is 2.25. The molecular formula is C13H28O3. The van der Waals surface area contributed by atoms with Gasteiger partial charge in [-0.3, -0.25) is 0 Å². The van der Waals surface area contributed by atoms with Crippen molar-refractivity contribution in [3.05, 3.63) is 0 Å². The van der Waals surface area contributed by atoms with Gasteiger partial charge in [-0.25, -0.2) is 0 Å². The highest BCUT2D eigenvalue weighted by atomic mass is 16.5. The number of ether oxygens (including phenoxy) is 3. The van der Waals surface area contributed by atoms with E-state index in [4.69, 9.17) is 14.2 Å². The molecule has 0 aliphatic carbocycles. The molecule has 0 fully saturated rings. The first-order chi connectivity index (χ1) is 7.77. The molecule has 0 unspecified atom stereocenters. The topological polar surface area (TPSA) is 27.7 Å². The lowest BCUT2D eigenvalue weighted by Crippen LogP contribution is -2.12. The second kappa shape index (κ2) is 12.9. The Morgan fingerprint density at radius 3 is 2.00 bits per heavy atom. The highest BCUT2D eigenvalue weighted by Crippen LogP contribution is 1.98. The smallest absolute Gasteiger partial charge is 0.0703 e. The van der Waals surface area contributed by atoms with Crippen LogP contribution in [-0.2, 0) is 14.2 Å². The molecule has 3 nitrogen and oxygen atoms in total. The van der Waals surface area contributed by atoms with Crippen molar-refractivity contribution in [2.75, 3.05) is 33.0 Å². The minimum atomic E-state index is 0.290. The van der Waals surface area contributed by atoms with Crippen LogP contribution in [0.4, 0.5) is 0 Å². The van der Waals surface area contributed by atoms with Gasteiger partial charge in [-0.1, -0.05) is 26.2 Å². The molecule has 0 spiro atoms. The number of hydrogen-bond donors (Lipinski definition) is 0. The lowest BCUT2D eigenvalue weighted by Gasteiger charge is -2.08. The molecule has 0 aliphatic rings. The summed E-state index contributed by atoms with van der Waals surface area (Å²) in [5, 5.41) is 0. The molecule has 0 aromatic rings. The molecule has 0 saturated carbocycles. The van der Waals surface area contributed by atoms with Crippen LogP contribution in [0.1, 0.15) is 46.5 Å². The summed E-state index contributed by atoms with van der Waals surface area (Å²) in [7, 11) is 0. The second-order valence-corrected chi connectivity index (χ2v) is 4.20. The van der Waals surface area contributed by atoms with E-state index >= 15 is 0 Å². The largest absolute Gasteiger partial charge is 0.379 e. The number of unbranched alkanes of at least 4 members (excludes halogenated alkanes) is 3. The molecular weight excluding hydrogens is 204 g/mol. The van der Waals surface area contributed by atoms with Crippen molar-refractivity contribution in [3.63, 3.8) is 0 Å². The molecule has 0 radical (unpaired) electrons. The van der Waals surface area contributed by atoms with Crippen molar-refractivity contribution >= 4 is 0 Å². The maximum atomic E-state index is 5.44. The fraction of sp³-hybridized carbons (Fsp3) is 1.00. The molecule has 0 bridgehead atoms. The van der Waals surface area contributed by atoms with Crippen LogP contribution >= 0.6 is 0 Å². The Labute approximate surface area is 100 Å². The Bertz CT molecular complexity index is 126. The summed E-state index contributed by atoms with van der Waals surface area (Å²) in [5.41, 5.74) is 0. The zero-order chi connectivity index (χ0) is 12.1. The predicted molar refractivity (Wildman–Crippen MR) is 66.9 cm³/mol. The fourth-order valence-electron chi connectivity index (χ4n) is 1.30. The highest BCUT2D eigenvalue weighted by molar-refractivity contribution is 4.40. The van der Waals surface area contributed by atoms with E-state index in [-0.39, 0.29) is 0 Å². The van der Waals surface area contributed by atoms with Crippen LogP contribution in [0.15, 0.2) is 0 Å². The lowest BCUT2D eigenvalue weighted by atomic mass is 10.2. The molecule has 16 heavy (non-hydrogen) atoms. The molecule has 0 aliphatic heterocycles. The predicted octanol–water partition coefficient (Wildman–Crippen LogP) is 3.02. The van der Waals surface area contributed by atoms with E-state index in [2.05, 4.69) is 6.92 Å². The summed E-state index contributed by atoms with van der Waals surface area (Å²) in [5.74, 6) is 0. The van der Waals surface area contributed by atoms with Gasteiger partial charge >= 0.3 is 0 Å². The Morgan fingerprint density at radius 2 is 1.38 bits per heavy atom. The van der Waals surface area contributed by atoms with Gasteiger partial charge in [0.05, 0.1) is 32.5 Å². The average molecular weight is 232 g/mol. The zero-order valence-electron chi connectivity index (χ0n) is 11.2. The molecule has 0 heterocycles. The van der Waals surface area contributed by atoms with E-state index in [0.717, 1.165) is 6.61 Å². The first-order valence-corrected chi connectivity index (χ1v) is 6.54. The number of rotatable bonds is 12. The van der Waals surface area contributed by atoms with Gasteiger partial charge in [0.15, 0.2) is 0 Å². The summed E-state index contributed by atoms with van der Waals surface area (Å²) in [6, 6.07) is 0. The summed E-state index contributed by atoms with van der Waals surface area (Å²) in [4.78, 5) is 0. The molecule has 0 saturated heterocycles. The quantitative estimate of drug-likeness (QED) is 0.484. The van der Waals surface area contributed by atoms with Gasteiger partial charge in [-0.2, -0.15) is 0 Å². The number of hydrogen-bond acceptors (Lipinski definition) is 3. The summed E-state index contributed by atoms with van der Waals surface area (Å²) in [6.07, 6.45) is 5.33. The van der Waals surface area contributed by atoms with Gasteiger partial charge in [0.2, 0.25) is 0 Å². The van der Waals surface area contributed by atoms with Gasteiger partial charge in [-0.15, -0.1) is 0 Å². The van der Waals surface area contributed by atoms with E-state index in [9.17, 15) is 0 Å². The van der Waals surface area contributed by atoms with Crippen molar-refractivity contribution in [3.8, 4) is 0 Å². The highest BCUT2D eigenvalue weighted by Gasteiger charge is 1.93. The summed E-state index contributed by atoms with van der Waals surface area (Å²) >= 11 is 0. The van der Waals surface area contributed by atoms with Crippen LogP contribution < -0.4 is 0 Å². The van der Waals surface area contributed by atoms with E-state index in [0.29, 0.717) is 32.5 Å². The lowest BCUT2D eigenvalue weighted by molar-refractivity contribution is -0.00184. The maximum absolute atomic E-state index is 5.44. The third kappa shape index (κ3) is 13.9. The third-order valence-electron chi connectivity index (χ3n) is 2.19. The van der Waals surface area contributed by atoms with E-state index in [1.165, 1.54) is 25.7 Å². The van der Waals surface area contributed by atoms with Crippen LogP contribution in [0.5, 0.6) is 0 Å². The third-order valence-corrected chi connectivity index (χ3v) is 2.19. The minimum absolute atomic E-state index is 0.290. The van der Waals surface area contributed by atoms with E-state index in [1.807, 2.05) is 13.8 Å². The summed E-state index contributed by atoms with van der Waals surface area (Å²) in [6.45, 7) is 9.85. The Kier molecular flexibility index (Phi) is 12.9. The molecule has 0 atom stereocenters. The summed E-state index contributed by atoms with van der Waals surface area (Å²) < 4.78 is 16.2. The maximum Gasteiger partial charge on any atom is 0.0703 e. The Hall–Kier alpha value is -0.120. The molecule has 3 heteroatoms. The fourth-order valence-corrected chi connectivity index (χ4v) is 1.30. The van der Waals surface area contributed by atoms with Crippen molar-refractivity contribution in [1.29, 1.82) is 0 Å². The normalized spacial score (nSPS) is 11.2. The van der Waals surface area contributed by atoms with Crippen LogP contribution in [0.2, 0.25) is 0 Å². The van der Waals surface area contributed by atoms with Crippen LogP contribution in [-0.4, -0.2) is 39.1 Å². The molecule has 0 rings (SSSR count). The molecule has 0 aromatic heterocycles. The Balaban J connectivity index is 2.88. The second-order valence-electron chi connectivity index (χ2n) is 4.20. The van der Waals surface area contributed by atoms with Gasteiger partial charge in [0.1, 0.15) is 0 Å². The van der Waals surface area contributed by atoms with Crippen LogP contribution in [0.25, 0.3) is 0 Å². The van der Waals surface area contributed by atoms with Gasteiger partial charge in [-0.05, 0) is 20.3 Å². The van der Waals surface area contributed by atoms with Crippen molar-refractivity contribution < 1.29 is 14.2 Å². The first-order valence-electron chi connectivity index (χ1n) is 6.54. The van der Waals surface area contributed by atoms with Crippen LogP contribution in [0, 0.1) is 0 Å². The zero-order valence-corrected chi connectivity index (χ0v) is 11.2. The van der Waals surface area contributed by atoms with E-state index in [1.54, 1.807) is 0 Å². The van der Waals surface area contributed by atoms with Crippen molar-refractivity contribution in [1.82, 2.24) is 0 Å². The van der Waals surface area contributed by atoms with E-state index < -0.39 is 0 Å². The SMILES string of the molecule is CCCCCCOCCOCCOC(C)C. The van der Waals surface area contributed by atoms with Gasteiger partial charge < -0.3 is 14.2 Å². The van der Waals surface area contributed by atoms with Gasteiger partial charge in [0, 0.05) is 6.61 Å². The van der Waals surface area contributed by atoms with Crippen molar-refractivity contribution in [2.45, 2.75) is 52.6 Å². The molecule has 98 valence electrons. The molecule has 0 N–H and O–H groups in total. The Morgan fingerprint density at radius 1 is 0.750 bits per heavy atom. The minimum Gasteiger partial charge on any atom is -0.379 e.